The van der Waals surface area contributed by atoms with Crippen LogP contribution in [0.4, 0.5) is 0 Å². The van der Waals surface area contributed by atoms with E-state index in [9.17, 15) is 13.2 Å². The normalized spacial score (nSPS) is 17.3. The maximum atomic E-state index is 12.4. The Kier molecular flexibility index (Phi) is 7.01. The zero-order valence-electron chi connectivity index (χ0n) is 13.4. The Bertz CT molecular complexity index is 579. The van der Waals surface area contributed by atoms with E-state index in [1.165, 1.54) is 15.6 Å². The number of ether oxygens (including phenoxy) is 1. The van der Waals surface area contributed by atoms with Crippen molar-refractivity contribution in [3.63, 3.8) is 0 Å². The quantitative estimate of drug-likeness (QED) is 0.716. The van der Waals surface area contributed by atoms with E-state index >= 15 is 0 Å². The largest absolute Gasteiger partial charge is 0.385 e. The first kappa shape index (κ1) is 18.4. The zero-order valence-corrected chi connectivity index (χ0v) is 15.0. The molecule has 0 bridgehead atoms. The van der Waals surface area contributed by atoms with E-state index in [-0.39, 0.29) is 11.8 Å². The molecule has 1 aliphatic heterocycles. The van der Waals surface area contributed by atoms with Gasteiger partial charge in [-0.2, -0.15) is 4.31 Å². The number of carbonyl (C=O) groups excluding carboxylic acids is 1. The van der Waals surface area contributed by atoms with Gasteiger partial charge in [0.2, 0.25) is 5.91 Å². The molecule has 0 aromatic carbocycles. The van der Waals surface area contributed by atoms with Crippen molar-refractivity contribution in [2.24, 2.45) is 5.92 Å². The number of nitrogens with zero attached hydrogens (tertiary/aromatic N) is 1. The van der Waals surface area contributed by atoms with Crippen LogP contribution in [0, 0.1) is 5.92 Å². The minimum Gasteiger partial charge on any atom is -0.385 e. The molecule has 0 spiro atoms. The molecule has 2 rings (SSSR count). The van der Waals surface area contributed by atoms with Gasteiger partial charge < -0.3 is 10.1 Å². The number of hydrogen-bond donors (Lipinski definition) is 1. The minimum absolute atomic E-state index is 0.0423. The fourth-order valence-corrected chi connectivity index (χ4v) is 5.28. The van der Waals surface area contributed by atoms with E-state index in [1.807, 2.05) is 0 Å². The lowest BCUT2D eigenvalue weighted by atomic mass is 9.94. The van der Waals surface area contributed by atoms with Gasteiger partial charge in [-0.15, -0.1) is 11.3 Å². The second-order valence-electron chi connectivity index (χ2n) is 5.68. The average Bonchev–Trinajstić information content (AvgIpc) is 3.07. The van der Waals surface area contributed by atoms with Gasteiger partial charge in [0, 0.05) is 39.8 Å². The van der Waals surface area contributed by atoms with E-state index in [0.29, 0.717) is 36.9 Å². The number of rotatable bonds is 8. The number of amides is 1. The number of piperidine rings is 1. The molecule has 0 radical (unpaired) electrons. The topological polar surface area (TPSA) is 75.7 Å². The predicted molar refractivity (Wildman–Crippen MR) is 89.9 cm³/mol. The minimum atomic E-state index is -3.35. The summed E-state index contributed by atoms with van der Waals surface area (Å²) in [6.07, 6.45) is 2.74. The second-order valence-corrected chi connectivity index (χ2v) is 8.79. The second kappa shape index (κ2) is 8.77. The standard InChI is InChI=1S/C15H24N2O4S2/c1-21-10-3-7-16-14(18)12-13-5-8-17(9-6-13)23(19,20)15-4-2-11-22-15/h2,4,11,13H,3,5-10,12H2,1H3,(H,16,18). The van der Waals surface area contributed by atoms with Crippen molar-refractivity contribution in [3.8, 4) is 0 Å². The monoisotopic (exact) mass is 360 g/mol. The number of sulfonamides is 1. The third-order valence-corrected chi connectivity index (χ3v) is 7.26. The van der Waals surface area contributed by atoms with Crippen molar-refractivity contribution in [2.75, 3.05) is 33.4 Å². The Morgan fingerprint density at radius 2 is 2.17 bits per heavy atom. The highest BCUT2D eigenvalue weighted by Gasteiger charge is 2.30. The summed E-state index contributed by atoms with van der Waals surface area (Å²) in [5.41, 5.74) is 0. The highest BCUT2D eigenvalue weighted by molar-refractivity contribution is 7.91. The van der Waals surface area contributed by atoms with Gasteiger partial charge in [0.15, 0.2) is 0 Å². The van der Waals surface area contributed by atoms with Crippen LogP contribution in [-0.2, 0) is 19.6 Å². The summed E-state index contributed by atoms with van der Waals surface area (Å²) in [6.45, 7) is 2.24. The Balaban J connectivity index is 1.75. The van der Waals surface area contributed by atoms with Crippen LogP contribution >= 0.6 is 11.3 Å². The molecule has 130 valence electrons. The van der Waals surface area contributed by atoms with Crippen LogP contribution in [0.25, 0.3) is 0 Å². The maximum absolute atomic E-state index is 12.4. The summed E-state index contributed by atoms with van der Waals surface area (Å²) in [5.74, 6) is 0.299. The SMILES string of the molecule is COCCCNC(=O)CC1CCN(S(=O)(=O)c2cccs2)CC1. The fourth-order valence-electron chi connectivity index (χ4n) is 2.67. The van der Waals surface area contributed by atoms with E-state index in [4.69, 9.17) is 4.74 Å². The van der Waals surface area contributed by atoms with Crippen LogP contribution in [0.5, 0.6) is 0 Å². The molecule has 0 saturated carbocycles. The van der Waals surface area contributed by atoms with Crippen LogP contribution in [0.15, 0.2) is 21.7 Å². The van der Waals surface area contributed by atoms with E-state index in [2.05, 4.69) is 5.32 Å². The van der Waals surface area contributed by atoms with Crippen LogP contribution in [-0.4, -0.2) is 52.0 Å². The molecular weight excluding hydrogens is 336 g/mol. The average molecular weight is 361 g/mol. The molecule has 6 nitrogen and oxygen atoms in total. The molecular formula is C15H24N2O4S2. The first-order valence-electron chi connectivity index (χ1n) is 7.83. The smallest absolute Gasteiger partial charge is 0.252 e. The molecule has 0 aliphatic carbocycles. The summed E-state index contributed by atoms with van der Waals surface area (Å²) >= 11 is 1.24. The molecule has 8 heteroatoms. The van der Waals surface area contributed by atoms with Crippen molar-refractivity contribution in [3.05, 3.63) is 17.5 Å². The third kappa shape index (κ3) is 5.27. The molecule has 1 aromatic rings. The van der Waals surface area contributed by atoms with Gasteiger partial charge in [0.25, 0.3) is 10.0 Å². The molecule has 23 heavy (non-hydrogen) atoms. The molecule has 0 unspecified atom stereocenters. The van der Waals surface area contributed by atoms with Crippen molar-refractivity contribution in [2.45, 2.75) is 29.9 Å². The highest BCUT2D eigenvalue weighted by atomic mass is 32.2. The summed E-state index contributed by atoms with van der Waals surface area (Å²) in [6, 6.07) is 3.39. The first-order valence-corrected chi connectivity index (χ1v) is 10.2. The number of thiophene rings is 1. The van der Waals surface area contributed by atoms with Crippen molar-refractivity contribution >= 4 is 27.3 Å². The van der Waals surface area contributed by atoms with Gasteiger partial charge in [0.1, 0.15) is 4.21 Å². The molecule has 1 amide bonds. The molecule has 1 fully saturated rings. The number of nitrogens with one attached hydrogen (secondary N) is 1. The van der Waals surface area contributed by atoms with Crippen molar-refractivity contribution in [1.82, 2.24) is 9.62 Å². The molecule has 1 aromatic heterocycles. The first-order chi connectivity index (χ1) is 11.0. The Morgan fingerprint density at radius 1 is 1.43 bits per heavy atom. The molecule has 2 heterocycles. The van der Waals surface area contributed by atoms with Gasteiger partial charge in [-0.25, -0.2) is 8.42 Å². The van der Waals surface area contributed by atoms with Gasteiger partial charge >= 0.3 is 0 Å². The van der Waals surface area contributed by atoms with Crippen molar-refractivity contribution in [1.29, 1.82) is 0 Å². The number of methoxy groups -OCH3 is 1. The Labute approximate surface area is 141 Å². The summed E-state index contributed by atoms with van der Waals surface area (Å²) in [4.78, 5) is 11.9. The van der Waals surface area contributed by atoms with E-state index in [1.54, 1.807) is 24.6 Å². The van der Waals surface area contributed by atoms with Gasteiger partial charge in [-0.05, 0) is 36.6 Å². The number of carbonyl (C=O) groups is 1. The van der Waals surface area contributed by atoms with Gasteiger partial charge in [-0.1, -0.05) is 6.07 Å². The Hall–Kier alpha value is -0.960. The molecule has 0 atom stereocenters. The summed E-state index contributed by atoms with van der Waals surface area (Å²) < 4.78 is 31.7. The summed E-state index contributed by atoms with van der Waals surface area (Å²) in [5, 5.41) is 4.65. The van der Waals surface area contributed by atoms with Crippen LogP contribution in [0.2, 0.25) is 0 Å². The van der Waals surface area contributed by atoms with E-state index < -0.39 is 10.0 Å². The fraction of sp³-hybridized carbons (Fsp3) is 0.667. The van der Waals surface area contributed by atoms with Crippen LogP contribution in [0.1, 0.15) is 25.7 Å². The highest BCUT2D eigenvalue weighted by Crippen LogP contribution is 2.27. The lowest BCUT2D eigenvalue weighted by Gasteiger charge is -2.30. The lowest BCUT2D eigenvalue weighted by molar-refractivity contribution is -0.122. The lowest BCUT2D eigenvalue weighted by Crippen LogP contribution is -2.39. The number of hydrogen-bond acceptors (Lipinski definition) is 5. The molecule has 1 saturated heterocycles. The molecule has 1 aliphatic rings. The van der Waals surface area contributed by atoms with Gasteiger partial charge in [0.05, 0.1) is 0 Å². The van der Waals surface area contributed by atoms with Crippen LogP contribution in [0.3, 0.4) is 0 Å². The summed E-state index contributed by atoms with van der Waals surface area (Å²) in [7, 11) is -1.71. The third-order valence-electron chi connectivity index (χ3n) is 3.98. The zero-order chi connectivity index (χ0) is 16.7. The van der Waals surface area contributed by atoms with E-state index in [0.717, 1.165) is 19.3 Å². The Morgan fingerprint density at radius 3 is 2.78 bits per heavy atom. The van der Waals surface area contributed by atoms with Crippen molar-refractivity contribution < 1.29 is 17.9 Å². The van der Waals surface area contributed by atoms with Gasteiger partial charge in [-0.3, -0.25) is 4.79 Å². The van der Waals surface area contributed by atoms with Crippen LogP contribution < -0.4 is 5.32 Å². The maximum Gasteiger partial charge on any atom is 0.252 e. The predicted octanol–water partition coefficient (Wildman–Crippen LogP) is 1.69. The molecule has 1 N–H and O–H groups in total.